The minimum Gasteiger partial charge on any atom is -0.478 e. The van der Waals surface area contributed by atoms with Crippen molar-refractivity contribution in [3.05, 3.63) is 113 Å². The summed E-state index contributed by atoms with van der Waals surface area (Å²) in [6, 6.07) is 20.5. The number of aryl methyl sites for hydroxylation is 1. The summed E-state index contributed by atoms with van der Waals surface area (Å²) in [5.74, 6) is -0.350. The summed E-state index contributed by atoms with van der Waals surface area (Å²) in [5.41, 5.74) is 7.53. The van der Waals surface area contributed by atoms with E-state index in [0.717, 1.165) is 39.1 Å². The summed E-state index contributed by atoms with van der Waals surface area (Å²) in [7, 11) is 3.81. The molecule has 8 nitrogen and oxygen atoms in total. The van der Waals surface area contributed by atoms with Crippen LogP contribution in [0.25, 0.3) is 22.0 Å². The number of hydrogen-bond donors (Lipinski definition) is 2. The molecule has 0 bridgehead atoms. The highest BCUT2D eigenvalue weighted by atomic mass is 16.4. The van der Waals surface area contributed by atoms with Gasteiger partial charge in [0.15, 0.2) is 0 Å². The van der Waals surface area contributed by atoms with Crippen LogP contribution >= 0.6 is 0 Å². The van der Waals surface area contributed by atoms with Crippen LogP contribution in [0.15, 0.2) is 79.1 Å². The molecule has 2 heterocycles. The maximum Gasteiger partial charge on any atom is 0.336 e. The second-order valence-electron chi connectivity index (χ2n) is 10.5. The maximum absolute atomic E-state index is 13.1. The van der Waals surface area contributed by atoms with Gasteiger partial charge in [-0.25, -0.2) is 9.78 Å². The predicted molar refractivity (Wildman–Crippen MR) is 162 cm³/mol. The van der Waals surface area contributed by atoms with Gasteiger partial charge in [0.1, 0.15) is 5.82 Å². The van der Waals surface area contributed by atoms with Gasteiger partial charge in [-0.15, -0.1) is 0 Å². The van der Waals surface area contributed by atoms with Gasteiger partial charge in [-0.1, -0.05) is 42.5 Å². The third kappa shape index (κ3) is 5.54. The van der Waals surface area contributed by atoms with Gasteiger partial charge in [-0.05, 0) is 67.3 Å². The molecule has 2 N–H and O–H groups in total. The van der Waals surface area contributed by atoms with Crippen molar-refractivity contribution < 1.29 is 14.7 Å². The topological polar surface area (TPSA) is 100 Å². The Morgan fingerprint density at radius 1 is 0.976 bits per heavy atom. The minimum absolute atomic E-state index is 0.167. The van der Waals surface area contributed by atoms with E-state index in [-0.39, 0.29) is 17.5 Å². The average Bonchev–Trinajstić information content (AvgIpc) is 3.21. The Balaban J connectivity index is 1.36. The molecule has 0 saturated carbocycles. The van der Waals surface area contributed by atoms with Crippen molar-refractivity contribution in [2.24, 2.45) is 0 Å². The molecule has 208 valence electrons. The van der Waals surface area contributed by atoms with E-state index in [1.54, 1.807) is 24.5 Å². The number of carboxylic acid groups (broad SMARTS) is 1. The van der Waals surface area contributed by atoms with E-state index in [1.807, 2.05) is 80.5 Å². The molecule has 0 unspecified atom stereocenters. The first kappa shape index (κ1) is 27.6. The van der Waals surface area contributed by atoms with Gasteiger partial charge in [-0.2, -0.15) is 0 Å². The number of aromatic nitrogens is 3. The fourth-order valence-corrected chi connectivity index (χ4v) is 5.03. The van der Waals surface area contributed by atoms with E-state index in [1.165, 1.54) is 0 Å². The zero-order valence-corrected chi connectivity index (χ0v) is 23.8. The number of amides is 1. The van der Waals surface area contributed by atoms with Crippen LogP contribution in [0.4, 0.5) is 5.82 Å². The molecule has 3 aromatic carbocycles. The lowest BCUT2D eigenvalue weighted by Gasteiger charge is -2.15. The Morgan fingerprint density at radius 3 is 2.37 bits per heavy atom. The normalized spacial score (nSPS) is 11.8. The lowest BCUT2D eigenvalue weighted by atomic mass is 9.99. The molecule has 8 heteroatoms. The number of benzene rings is 3. The van der Waals surface area contributed by atoms with Crippen LogP contribution in [0.3, 0.4) is 0 Å². The highest BCUT2D eigenvalue weighted by molar-refractivity contribution is 5.99. The average molecular weight is 548 g/mol. The van der Waals surface area contributed by atoms with Crippen LogP contribution in [-0.2, 0) is 6.54 Å². The maximum atomic E-state index is 13.1. The van der Waals surface area contributed by atoms with E-state index in [9.17, 15) is 14.7 Å². The van der Waals surface area contributed by atoms with Crippen molar-refractivity contribution in [1.82, 2.24) is 19.9 Å². The van der Waals surface area contributed by atoms with Gasteiger partial charge in [0.25, 0.3) is 5.91 Å². The molecule has 0 aliphatic rings. The Morgan fingerprint density at radius 2 is 1.71 bits per heavy atom. The quantitative estimate of drug-likeness (QED) is 0.246. The van der Waals surface area contributed by atoms with Crippen molar-refractivity contribution in [2.75, 3.05) is 19.0 Å². The molecule has 0 fully saturated rings. The molecule has 1 atom stereocenters. The van der Waals surface area contributed by atoms with Crippen LogP contribution in [0.2, 0.25) is 0 Å². The number of rotatable bonds is 8. The molecule has 0 aliphatic carbocycles. The Kier molecular flexibility index (Phi) is 7.57. The van der Waals surface area contributed by atoms with E-state index < -0.39 is 5.97 Å². The molecule has 41 heavy (non-hydrogen) atoms. The largest absolute Gasteiger partial charge is 0.478 e. The lowest BCUT2D eigenvalue weighted by molar-refractivity contribution is 0.0697. The van der Waals surface area contributed by atoms with Crippen molar-refractivity contribution in [1.29, 1.82) is 0 Å². The van der Waals surface area contributed by atoms with E-state index in [2.05, 4.69) is 33.7 Å². The molecule has 0 spiro atoms. The van der Waals surface area contributed by atoms with E-state index in [4.69, 9.17) is 0 Å². The van der Waals surface area contributed by atoms with Crippen LogP contribution in [0.5, 0.6) is 0 Å². The molecule has 2 aromatic heterocycles. The number of carbonyl (C=O) groups excluding carboxylic acids is 1. The van der Waals surface area contributed by atoms with Crippen molar-refractivity contribution in [2.45, 2.75) is 33.4 Å². The van der Waals surface area contributed by atoms with Gasteiger partial charge < -0.3 is 19.9 Å². The molecule has 0 aliphatic heterocycles. The minimum atomic E-state index is -0.940. The Hall–Kier alpha value is -4.98. The standard InChI is InChI=1S/C33H33N5O3/c1-20-22(3)38(19-23-10-12-24(13-11-23)26-8-6-7-9-27(26)33(40)41)30-15-14-25(16-28(20)30)32(39)36-21(2)29-17-35-31(18-34-29)37(4)5/h6-18,21H,19H2,1-5H3,(H,36,39)(H,40,41)/t21-/m0/s1. The van der Waals surface area contributed by atoms with Gasteiger partial charge in [-0.3, -0.25) is 9.78 Å². The number of nitrogens with one attached hydrogen (secondary N) is 1. The third-order valence-electron chi connectivity index (χ3n) is 7.57. The Bertz CT molecular complexity index is 1740. The van der Waals surface area contributed by atoms with Crippen molar-refractivity contribution >= 4 is 28.6 Å². The highest BCUT2D eigenvalue weighted by Gasteiger charge is 2.17. The second-order valence-corrected chi connectivity index (χ2v) is 10.5. The van der Waals surface area contributed by atoms with Gasteiger partial charge in [0.05, 0.1) is 29.7 Å². The van der Waals surface area contributed by atoms with Crippen LogP contribution in [-0.4, -0.2) is 45.6 Å². The van der Waals surface area contributed by atoms with Crippen LogP contribution < -0.4 is 10.2 Å². The molecule has 0 saturated heterocycles. The summed E-state index contributed by atoms with van der Waals surface area (Å²) in [6.45, 7) is 6.71. The monoisotopic (exact) mass is 547 g/mol. The number of fused-ring (bicyclic) bond motifs is 1. The van der Waals surface area contributed by atoms with Gasteiger partial charge >= 0.3 is 5.97 Å². The SMILES string of the molecule is Cc1c(C)n(Cc2ccc(-c3ccccc3C(=O)O)cc2)c2ccc(C(=O)N[C@@H](C)c3cnc(N(C)C)cn3)cc12. The van der Waals surface area contributed by atoms with Gasteiger partial charge in [0, 0.05) is 42.8 Å². The fourth-order valence-electron chi connectivity index (χ4n) is 5.03. The number of carboxylic acids is 1. The number of anilines is 1. The van der Waals surface area contributed by atoms with E-state index in [0.29, 0.717) is 23.4 Å². The molecular weight excluding hydrogens is 514 g/mol. The second kappa shape index (κ2) is 11.3. The van der Waals surface area contributed by atoms with Crippen molar-refractivity contribution in [3.63, 3.8) is 0 Å². The zero-order chi connectivity index (χ0) is 29.3. The Labute approximate surface area is 239 Å². The first-order valence-corrected chi connectivity index (χ1v) is 13.4. The predicted octanol–water partition coefficient (Wildman–Crippen LogP) is 6.02. The smallest absolute Gasteiger partial charge is 0.336 e. The number of carbonyl (C=O) groups is 2. The first-order chi connectivity index (χ1) is 19.6. The summed E-state index contributed by atoms with van der Waals surface area (Å²) in [6.07, 6.45) is 3.38. The van der Waals surface area contributed by atoms with Gasteiger partial charge in [0.2, 0.25) is 0 Å². The lowest BCUT2D eigenvalue weighted by Crippen LogP contribution is -2.27. The first-order valence-electron chi connectivity index (χ1n) is 13.4. The fraction of sp³-hybridized carbons (Fsp3) is 0.212. The number of aromatic carboxylic acids is 1. The van der Waals surface area contributed by atoms with E-state index >= 15 is 0 Å². The molecule has 1 amide bonds. The summed E-state index contributed by atoms with van der Waals surface area (Å²) in [4.78, 5) is 35.5. The van der Waals surface area contributed by atoms with Crippen LogP contribution in [0.1, 0.15) is 56.2 Å². The number of hydrogen-bond acceptors (Lipinski definition) is 5. The zero-order valence-electron chi connectivity index (χ0n) is 23.8. The summed E-state index contributed by atoms with van der Waals surface area (Å²) >= 11 is 0. The summed E-state index contributed by atoms with van der Waals surface area (Å²) in [5, 5.41) is 13.6. The molecule has 5 rings (SSSR count). The highest BCUT2D eigenvalue weighted by Crippen LogP contribution is 2.29. The summed E-state index contributed by atoms with van der Waals surface area (Å²) < 4.78 is 2.25. The van der Waals surface area contributed by atoms with Crippen molar-refractivity contribution in [3.8, 4) is 11.1 Å². The molecular formula is C33H33N5O3. The molecule has 5 aromatic rings. The van der Waals surface area contributed by atoms with Crippen LogP contribution in [0, 0.1) is 13.8 Å². The number of nitrogens with zero attached hydrogens (tertiary/aromatic N) is 4. The molecule has 0 radical (unpaired) electrons. The third-order valence-corrected chi connectivity index (χ3v) is 7.57.